The summed E-state index contributed by atoms with van der Waals surface area (Å²) in [6.45, 7) is 0. The zero-order valence-electron chi connectivity index (χ0n) is 9.61. The van der Waals surface area contributed by atoms with Crippen LogP contribution in [0.3, 0.4) is 0 Å². The monoisotopic (exact) mass is 236 g/mol. The second-order valence-electron chi connectivity index (χ2n) is 4.16. The van der Waals surface area contributed by atoms with Gasteiger partial charge in [-0.2, -0.15) is 0 Å². The van der Waals surface area contributed by atoms with Crippen molar-refractivity contribution in [2.45, 2.75) is 12.8 Å². The Bertz CT molecular complexity index is 427. The van der Waals surface area contributed by atoms with E-state index in [1.54, 1.807) is 0 Å². The average molecular weight is 236 g/mol. The zero-order chi connectivity index (χ0) is 12.6. The van der Waals surface area contributed by atoms with Crippen molar-refractivity contribution in [2.24, 2.45) is 5.41 Å². The molecule has 0 heterocycles. The van der Waals surface area contributed by atoms with E-state index in [1.165, 1.54) is 26.4 Å². The number of ketones is 1. The largest absolute Gasteiger partial charge is 0.468 e. The Balaban J connectivity index is 2.38. The van der Waals surface area contributed by atoms with Gasteiger partial charge in [0.2, 0.25) is 0 Å². The molecule has 0 bridgehead atoms. The molecule has 1 fully saturated rings. The van der Waals surface area contributed by atoms with E-state index in [2.05, 4.69) is 9.47 Å². The fraction of sp³-hybridized carbons (Fsp3) is 0.417. The van der Waals surface area contributed by atoms with Crippen LogP contribution in [-0.4, -0.2) is 31.9 Å². The van der Waals surface area contributed by atoms with Crippen LogP contribution in [0.15, 0.2) is 23.3 Å². The lowest BCUT2D eigenvalue weighted by Gasteiger charge is -2.22. The van der Waals surface area contributed by atoms with Gasteiger partial charge in [-0.25, -0.2) is 0 Å². The molecule has 17 heavy (non-hydrogen) atoms. The number of ether oxygens (including phenoxy) is 2. The summed E-state index contributed by atoms with van der Waals surface area (Å²) in [7, 11) is 2.46. The van der Waals surface area contributed by atoms with E-state index >= 15 is 0 Å². The van der Waals surface area contributed by atoms with E-state index in [-0.39, 0.29) is 18.6 Å². The number of allylic oxidation sites excluding steroid dienone is 4. The van der Waals surface area contributed by atoms with Crippen LogP contribution in [0, 0.1) is 5.41 Å². The van der Waals surface area contributed by atoms with E-state index in [0.29, 0.717) is 0 Å². The first-order valence-corrected chi connectivity index (χ1v) is 5.16. The number of rotatable bonds is 2. The lowest BCUT2D eigenvalue weighted by molar-refractivity contribution is -0.168. The molecule has 0 radical (unpaired) electrons. The summed E-state index contributed by atoms with van der Waals surface area (Å²) in [5, 5.41) is 0. The Morgan fingerprint density at radius 3 is 1.82 bits per heavy atom. The molecule has 0 spiro atoms. The number of esters is 2. The van der Waals surface area contributed by atoms with E-state index < -0.39 is 17.4 Å². The minimum absolute atomic E-state index is 0.0988. The van der Waals surface area contributed by atoms with Crippen LogP contribution >= 0.6 is 0 Å². The normalized spacial score (nSPS) is 20.5. The Morgan fingerprint density at radius 1 is 1.06 bits per heavy atom. The van der Waals surface area contributed by atoms with E-state index in [4.69, 9.17) is 0 Å². The first-order valence-electron chi connectivity index (χ1n) is 5.16. The van der Waals surface area contributed by atoms with E-state index in [1.807, 2.05) is 0 Å². The Kier molecular flexibility index (Phi) is 2.61. The van der Waals surface area contributed by atoms with Crippen molar-refractivity contribution in [3.8, 4) is 0 Å². The molecule has 0 aliphatic heterocycles. The van der Waals surface area contributed by atoms with Crippen LogP contribution < -0.4 is 0 Å². The van der Waals surface area contributed by atoms with Crippen LogP contribution in [0.1, 0.15) is 12.8 Å². The molecule has 90 valence electrons. The van der Waals surface area contributed by atoms with Gasteiger partial charge in [-0.05, 0) is 36.1 Å². The van der Waals surface area contributed by atoms with Gasteiger partial charge in [-0.15, -0.1) is 0 Å². The first-order chi connectivity index (χ1) is 8.03. The topological polar surface area (TPSA) is 69.7 Å². The average Bonchev–Trinajstić information content (AvgIpc) is 2.81. The van der Waals surface area contributed by atoms with Gasteiger partial charge >= 0.3 is 11.9 Å². The SMILES string of the molecule is COC(=O)C1(C(=O)OC)CC2=CC(=O)C=C2C1. The summed E-state index contributed by atoms with van der Waals surface area (Å²) in [6, 6.07) is 0. The molecule has 0 aromatic rings. The van der Waals surface area contributed by atoms with Crippen molar-refractivity contribution in [3.63, 3.8) is 0 Å². The second kappa shape index (κ2) is 3.84. The molecule has 0 aromatic heterocycles. The first kappa shape index (κ1) is 11.6. The van der Waals surface area contributed by atoms with Crippen molar-refractivity contribution >= 4 is 17.7 Å². The summed E-state index contributed by atoms with van der Waals surface area (Å²) >= 11 is 0. The summed E-state index contributed by atoms with van der Waals surface area (Å²) in [5.41, 5.74) is 0.138. The third-order valence-corrected chi connectivity index (χ3v) is 3.18. The molecule has 2 rings (SSSR count). The van der Waals surface area contributed by atoms with Crippen LogP contribution in [0.2, 0.25) is 0 Å². The minimum atomic E-state index is -1.32. The van der Waals surface area contributed by atoms with Gasteiger partial charge in [0.15, 0.2) is 11.2 Å². The fourth-order valence-corrected chi connectivity index (χ4v) is 2.38. The molecule has 0 aromatic carbocycles. The fourth-order valence-electron chi connectivity index (χ4n) is 2.38. The highest BCUT2D eigenvalue weighted by Crippen LogP contribution is 2.48. The minimum Gasteiger partial charge on any atom is -0.468 e. The van der Waals surface area contributed by atoms with Gasteiger partial charge in [0, 0.05) is 0 Å². The van der Waals surface area contributed by atoms with Gasteiger partial charge in [0.05, 0.1) is 14.2 Å². The molecule has 5 nitrogen and oxygen atoms in total. The number of methoxy groups -OCH3 is 2. The van der Waals surface area contributed by atoms with Gasteiger partial charge in [-0.3, -0.25) is 14.4 Å². The molecule has 5 heteroatoms. The molecule has 0 atom stereocenters. The smallest absolute Gasteiger partial charge is 0.323 e. The van der Waals surface area contributed by atoms with Gasteiger partial charge in [-0.1, -0.05) is 0 Å². The van der Waals surface area contributed by atoms with Crippen molar-refractivity contribution in [2.75, 3.05) is 14.2 Å². The lowest BCUT2D eigenvalue weighted by atomic mass is 9.85. The van der Waals surface area contributed by atoms with Crippen molar-refractivity contribution in [1.82, 2.24) is 0 Å². The van der Waals surface area contributed by atoms with Crippen molar-refractivity contribution in [3.05, 3.63) is 23.3 Å². The van der Waals surface area contributed by atoms with Gasteiger partial charge in [0.1, 0.15) is 0 Å². The molecular weight excluding hydrogens is 224 g/mol. The van der Waals surface area contributed by atoms with Gasteiger partial charge < -0.3 is 9.47 Å². The lowest BCUT2D eigenvalue weighted by Crippen LogP contribution is -2.39. The molecular formula is C12H12O5. The molecule has 2 aliphatic rings. The number of fused-ring (bicyclic) bond motifs is 1. The highest BCUT2D eigenvalue weighted by Gasteiger charge is 2.54. The predicted molar refractivity (Wildman–Crippen MR) is 56.9 cm³/mol. The summed E-state index contributed by atoms with van der Waals surface area (Å²) < 4.78 is 9.35. The number of hydrogen-bond acceptors (Lipinski definition) is 5. The summed E-state index contributed by atoms with van der Waals surface area (Å²) in [4.78, 5) is 34.7. The van der Waals surface area contributed by atoms with Crippen LogP contribution in [0.4, 0.5) is 0 Å². The molecule has 1 saturated carbocycles. The summed E-state index contributed by atoms with van der Waals surface area (Å²) in [5.74, 6) is -1.33. The third kappa shape index (κ3) is 1.58. The zero-order valence-corrected chi connectivity index (χ0v) is 9.61. The third-order valence-electron chi connectivity index (χ3n) is 3.18. The second-order valence-corrected chi connectivity index (χ2v) is 4.16. The van der Waals surface area contributed by atoms with Crippen LogP contribution in [0.5, 0.6) is 0 Å². The Morgan fingerprint density at radius 2 is 1.47 bits per heavy atom. The number of carbonyl (C=O) groups excluding carboxylic acids is 3. The molecule has 0 unspecified atom stereocenters. The maximum absolute atomic E-state index is 11.8. The maximum atomic E-state index is 11.8. The highest BCUT2D eigenvalue weighted by molar-refractivity contribution is 6.08. The van der Waals surface area contributed by atoms with Crippen molar-refractivity contribution in [1.29, 1.82) is 0 Å². The quantitative estimate of drug-likeness (QED) is 0.517. The number of hydrogen-bond donors (Lipinski definition) is 0. The standard InChI is InChI=1S/C12H12O5/c1-16-10(14)12(11(15)17-2)5-7-3-9(13)4-8(7)6-12/h3-4H,5-6H2,1-2H3. The number of carbonyl (C=O) groups is 3. The van der Waals surface area contributed by atoms with E-state index in [9.17, 15) is 14.4 Å². The molecule has 0 N–H and O–H groups in total. The maximum Gasteiger partial charge on any atom is 0.323 e. The molecule has 0 saturated heterocycles. The van der Waals surface area contributed by atoms with Crippen LogP contribution in [-0.2, 0) is 23.9 Å². The Hall–Kier alpha value is -1.91. The highest BCUT2D eigenvalue weighted by atomic mass is 16.5. The Labute approximate surface area is 98.1 Å². The molecule has 2 aliphatic carbocycles. The van der Waals surface area contributed by atoms with Crippen LogP contribution in [0.25, 0.3) is 0 Å². The predicted octanol–water partition coefficient (Wildman–Crippen LogP) is 0.548. The molecule has 0 amide bonds. The van der Waals surface area contributed by atoms with E-state index in [0.717, 1.165) is 11.1 Å². The summed E-state index contributed by atoms with van der Waals surface area (Å²) in [6.07, 6.45) is 3.24. The van der Waals surface area contributed by atoms with Gasteiger partial charge in [0.25, 0.3) is 0 Å². The van der Waals surface area contributed by atoms with Crippen molar-refractivity contribution < 1.29 is 23.9 Å².